The van der Waals surface area contributed by atoms with Crippen molar-refractivity contribution in [2.24, 2.45) is 124 Å². The van der Waals surface area contributed by atoms with Crippen molar-refractivity contribution in [2.45, 2.75) is 248 Å². The van der Waals surface area contributed by atoms with Gasteiger partial charge in [0, 0.05) is 21.3 Å². The number of halogens is 12. The van der Waals surface area contributed by atoms with Gasteiger partial charge in [0.25, 0.3) is 5.60 Å². The fourth-order valence-corrected chi connectivity index (χ4v) is 19.7. The van der Waals surface area contributed by atoms with Gasteiger partial charge in [-0.05, 0) is 286 Å². The van der Waals surface area contributed by atoms with E-state index in [1.165, 1.54) is 44.9 Å². The minimum absolute atomic E-state index is 0. The van der Waals surface area contributed by atoms with Crippen molar-refractivity contribution in [3.63, 3.8) is 0 Å². The van der Waals surface area contributed by atoms with Crippen LogP contribution in [0.2, 0.25) is 39.3 Å². The van der Waals surface area contributed by atoms with Crippen LogP contribution in [0, 0.1) is 124 Å². The van der Waals surface area contributed by atoms with Crippen molar-refractivity contribution in [3.8, 4) is 0 Å². The molecule has 0 aliphatic heterocycles. The molecule has 12 aliphatic rings. The Balaban J connectivity index is 0.000000538. The molecule has 21 heteroatoms. The van der Waals surface area contributed by atoms with E-state index in [2.05, 4.69) is 39.3 Å². The fourth-order valence-electron chi connectivity index (χ4n) is 19.7. The van der Waals surface area contributed by atoms with Gasteiger partial charge in [-0.2, -0.15) is 52.7 Å². The smallest absolute Gasteiger partial charge is 0.424 e. The first-order chi connectivity index (χ1) is 35.6. The lowest BCUT2D eigenvalue weighted by Gasteiger charge is -2.42. The molecule has 23 unspecified atom stereocenters. The van der Waals surface area contributed by atoms with Gasteiger partial charge >= 0.3 is 24.7 Å². The fraction of sp³-hybridized carbons (Fsp3) is 1.00. The first kappa shape index (κ1) is 80.6. The van der Waals surface area contributed by atoms with E-state index in [-0.39, 0.29) is 81.1 Å². The molecule has 23 atom stereocenters. The Bertz CT molecular complexity index is 1870. The van der Waals surface area contributed by atoms with E-state index in [1.54, 1.807) is 21.3 Å². The topological polar surface area (TPSA) is 88.4 Å². The Kier molecular flexibility index (Phi) is 29.7. The van der Waals surface area contributed by atoms with E-state index in [1.807, 2.05) is 0 Å². The maximum atomic E-state index is 12.9. The molecular weight excluding hydrogens is 1150 g/mol. The Morgan fingerprint density at radius 3 is 0.892 bits per heavy atom. The SMILES string of the molecule is C.C.C.C.C.C.CC(O)(CC1CC2CC1C1C3CCC(C3)C21)C(F)(F)F.CO[SiH](C)C.CO[SiH](C)C.CO[SiH](C)C.OC(CC1CC2CC1C1C3CCC(C3)C21)(C(F)(F)F)C(F)(F)F.OC(CC1CC2CC1C1C3CCC(C3)C21)C(F)(F)F. The highest BCUT2D eigenvalue weighted by Crippen LogP contribution is 2.72. The van der Waals surface area contributed by atoms with Crippen LogP contribution in [-0.2, 0) is 13.3 Å². The monoisotopic (exact) mass is 1270 g/mol. The van der Waals surface area contributed by atoms with Crippen LogP contribution in [0.5, 0.6) is 0 Å². The lowest BCUT2D eigenvalue weighted by atomic mass is 9.65. The van der Waals surface area contributed by atoms with Gasteiger partial charge in [0.05, 0.1) is 0 Å². The molecule has 0 heterocycles. The second-order valence-corrected chi connectivity index (χ2v) is 35.3. The molecule has 12 aliphatic carbocycles. The van der Waals surface area contributed by atoms with Crippen molar-refractivity contribution in [1.29, 1.82) is 0 Å². The number of hydrogen-bond acceptors (Lipinski definition) is 6. The molecule has 12 saturated carbocycles. The average Bonchev–Trinajstić information content (AvgIpc) is 4.16. The summed E-state index contributed by atoms with van der Waals surface area (Å²) in [5.74, 6) is 10.5. The number of alkyl halides is 12. The summed E-state index contributed by atoms with van der Waals surface area (Å²) in [5.41, 5.74) is -7.07. The summed E-state index contributed by atoms with van der Waals surface area (Å²) in [7, 11) is 3.33. The lowest BCUT2D eigenvalue weighted by molar-refractivity contribution is -0.373. The number of rotatable bonds is 9. The number of aliphatic hydroxyl groups excluding tert-OH is 1. The molecule has 12 fully saturated rings. The molecule has 6 nitrogen and oxygen atoms in total. The third-order valence-electron chi connectivity index (χ3n) is 22.7. The maximum Gasteiger partial charge on any atom is 0.426 e. The standard InChI is InChI=1S/C16H20F6O.C16H23F3O.C15H21F3O.3C3H10OSi.6CH4/c17-15(18,19)14(23,16(20,21)22)6-10-4-9-5-11(10)13-8-2-1-7(3-8)12(9)13;1-15(20,16(17,18)19)7-11-5-10-6-12(11)14-9-3-2-8(4-9)13(10)14;16-15(17,18)12(19)6-9-4-10-5-11(9)14-8-2-1-7(3-8)13(10)14;3*1-4-5(2)3;;;;;;/h7-13,23H,1-6H2;8-14,20H,2-7H2,1H3;7-14,19H,1-6H2;3*5H,1-3H3;6*1H4. The van der Waals surface area contributed by atoms with E-state index >= 15 is 0 Å². The quantitative estimate of drug-likeness (QED) is 0.121. The Morgan fingerprint density at radius 2 is 0.639 bits per heavy atom. The molecule has 0 spiro atoms. The van der Waals surface area contributed by atoms with E-state index in [4.69, 9.17) is 13.3 Å². The van der Waals surface area contributed by atoms with E-state index in [9.17, 15) is 68.0 Å². The highest BCUT2D eigenvalue weighted by molar-refractivity contribution is 6.48. The Labute approximate surface area is 500 Å². The van der Waals surface area contributed by atoms with Crippen LogP contribution in [0.3, 0.4) is 0 Å². The summed E-state index contributed by atoms with van der Waals surface area (Å²) >= 11 is 0. The van der Waals surface area contributed by atoms with Gasteiger partial charge in [-0.25, -0.2) is 0 Å². The van der Waals surface area contributed by atoms with Crippen molar-refractivity contribution >= 4 is 27.1 Å². The molecule has 12 bridgehead atoms. The maximum absolute atomic E-state index is 12.9. The molecule has 0 aromatic carbocycles. The zero-order valence-electron chi connectivity index (χ0n) is 47.3. The first-order valence-corrected chi connectivity index (χ1v) is 37.9. The molecule has 83 heavy (non-hydrogen) atoms. The summed E-state index contributed by atoms with van der Waals surface area (Å²) in [5, 5.41) is 28.6. The van der Waals surface area contributed by atoms with E-state index in [0.29, 0.717) is 65.6 Å². The van der Waals surface area contributed by atoms with E-state index < -0.39 is 81.5 Å². The summed E-state index contributed by atoms with van der Waals surface area (Å²) in [6, 6.07) is 0. The summed E-state index contributed by atoms with van der Waals surface area (Å²) in [6.45, 7) is 13.8. The summed E-state index contributed by atoms with van der Waals surface area (Å²) < 4.78 is 169. The normalized spacial score (nSPS) is 39.1. The molecule has 3 N–H and O–H groups in total. The summed E-state index contributed by atoms with van der Waals surface area (Å²) in [6.07, 6.45) is -7.02. The van der Waals surface area contributed by atoms with Crippen molar-refractivity contribution in [3.05, 3.63) is 0 Å². The van der Waals surface area contributed by atoms with Gasteiger partial charge in [0.1, 0.15) is 6.10 Å². The molecular formula is C62H118F12O6Si3. The third-order valence-corrected chi connectivity index (χ3v) is 25.5. The molecule has 12 rings (SSSR count). The predicted molar refractivity (Wildman–Crippen MR) is 320 cm³/mol. The van der Waals surface area contributed by atoms with Crippen LogP contribution in [-0.4, -0.2) is 106 Å². The lowest BCUT2D eigenvalue weighted by Crippen LogP contribution is -2.58. The molecule has 0 radical (unpaired) electrons. The van der Waals surface area contributed by atoms with Crippen LogP contribution in [0.15, 0.2) is 0 Å². The van der Waals surface area contributed by atoms with Crippen molar-refractivity contribution in [2.75, 3.05) is 21.3 Å². The second kappa shape index (κ2) is 30.6. The molecule has 0 aromatic rings. The minimum Gasteiger partial charge on any atom is -0.424 e. The Hall–Kier alpha value is -0.429. The third kappa shape index (κ3) is 16.8. The van der Waals surface area contributed by atoms with Crippen LogP contribution in [0.25, 0.3) is 0 Å². The number of hydrogen-bond donors (Lipinski definition) is 3. The molecule has 0 aromatic heterocycles. The van der Waals surface area contributed by atoms with Gasteiger partial charge < -0.3 is 28.6 Å². The molecule has 0 amide bonds. The van der Waals surface area contributed by atoms with Gasteiger partial charge in [-0.3, -0.25) is 0 Å². The zero-order valence-corrected chi connectivity index (χ0v) is 50.7. The van der Waals surface area contributed by atoms with Gasteiger partial charge in [0.2, 0.25) is 0 Å². The zero-order chi connectivity index (χ0) is 57.3. The molecule has 0 saturated heterocycles. The summed E-state index contributed by atoms with van der Waals surface area (Å²) in [4.78, 5) is 0. The van der Waals surface area contributed by atoms with Crippen LogP contribution in [0.1, 0.15) is 167 Å². The predicted octanol–water partition coefficient (Wildman–Crippen LogP) is 17.8. The first-order valence-electron chi connectivity index (χ1n) is 29.5. The number of aliphatic hydroxyl groups is 3. The van der Waals surface area contributed by atoms with Crippen LogP contribution in [0.4, 0.5) is 52.7 Å². The van der Waals surface area contributed by atoms with Gasteiger partial charge in [-0.15, -0.1) is 0 Å². The van der Waals surface area contributed by atoms with Crippen molar-refractivity contribution in [1.82, 2.24) is 0 Å². The van der Waals surface area contributed by atoms with Gasteiger partial charge in [0.15, 0.2) is 32.7 Å². The van der Waals surface area contributed by atoms with E-state index in [0.717, 1.165) is 87.4 Å². The largest absolute Gasteiger partial charge is 0.426 e. The number of fused-ring (bicyclic) bond motifs is 27. The minimum atomic E-state index is -5.68. The molecule has 498 valence electrons. The average molecular weight is 1270 g/mol. The Morgan fingerprint density at radius 1 is 0.386 bits per heavy atom. The van der Waals surface area contributed by atoms with Crippen LogP contribution < -0.4 is 0 Å². The second-order valence-electron chi connectivity index (χ2n) is 27.6. The van der Waals surface area contributed by atoms with Crippen LogP contribution >= 0.6 is 0 Å². The highest BCUT2D eigenvalue weighted by atomic mass is 28.3. The van der Waals surface area contributed by atoms with Crippen molar-refractivity contribution < 1.29 is 81.3 Å². The highest BCUT2D eigenvalue weighted by Gasteiger charge is 2.73. The van der Waals surface area contributed by atoms with Gasteiger partial charge in [-0.1, -0.05) is 44.6 Å².